The molecule has 1 spiro atoms. The van der Waals surface area contributed by atoms with Crippen LogP contribution in [-0.2, 0) is 4.79 Å². The number of nitrogens with one attached hydrogen (secondary N) is 1. The van der Waals surface area contributed by atoms with Crippen LogP contribution in [0.5, 0.6) is 11.5 Å². The third-order valence-corrected chi connectivity index (χ3v) is 7.29. The number of hydrogen-bond donors (Lipinski definition) is 2. The lowest BCUT2D eigenvalue weighted by Gasteiger charge is -2.55. The van der Waals surface area contributed by atoms with E-state index >= 15 is 0 Å². The van der Waals surface area contributed by atoms with Gasteiger partial charge in [0.25, 0.3) is 5.91 Å². The number of nitrogens with zero attached hydrogens (tertiary/aromatic N) is 1. The van der Waals surface area contributed by atoms with Crippen molar-refractivity contribution in [1.29, 1.82) is 0 Å². The second-order valence-corrected chi connectivity index (χ2v) is 8.97. The van der Waals surface area contributed by atoms with E-state index in [1.54, 1.807) is 25.3 Å². The Kier molecular flexibility index (Phi) is 4.46. The van der Waals surface area contributed by atoms with Crippen molar-refractivity contribution in [2.24, 2.45) is 17.8 Å². The normalized spacial score (nSPS) is 35.7. The van der Waals surface area contributed by atoms with Crippen molar-refractivity contribution in [2.45, 2.75) is 50.4 Å². The fourth-order valence-electron chi connectivity index (χ4n) is 5.81. The van der Waals surface area contributed by atoms with Crippen molar-refractivity contribution in [2.75, 3.05) is 20.2 Å². The molecule has 7 nitrogen and oxygen atoms in total. The number of fused-ring (bicyclic) bond motifs is 3. The number of benzene rings is 1. The SMILES string of the molecule is COc1ccc2c(c1)O[C@]1(C[C@H]3CC[C@H]1C[C@@H]3C(=O)N1CCC[C@H](O)C1)NC2=O. The van der Waals surface area contributed by atoms with Gasteiger partial charge in [-0.3, -0.25) is 9.59 Å². The van der Waals surface area contributed by atoms with Crippen LogP contribution in [0.3, 0.4) is 0 Å². The van der Waals surface area contributed by atoms with Gasteiger partial charge in [0, 0.05) is 37.4 Å². The molecule has 1 saturated heterocycles. The fraction of sp³-hybridized carbons (Fsp3) is 0.636. The van der Waals surface area contributed by atoms with E-state index in [0.717, 1.165) is 38.6 Å². The van der Waals surface area contributed by atoms with Gasteiger partial charge in [0.05, 0.1) is 18.8 Å². The quantitative estimate of drug-likeness (QED) is 0.792. The summed E-state index contributed by atoms with van der Waals surface area (Å²) in [6.45, 7) is 1.17. The van der Waals surface area contributed by atoms with Gasteiger partial charge in [-0.15, -0.1) is 0 Å². The first-order valence-electron chi connectivity index (χ1n) is 10.7. The molecule has 0 radical (unpaired) electrons. The molecule has 7 heteroatoms. The highest BCUT2D eigenvalue weighted by Crippen LogP contribution is 2.53. The van der Waals surface area contributed by atoms with Gasteiger partial charge in [-0.05, 0) is 50.2 Å². The summed E-state index contributed by atoms with van der Waals surface area (Å²) in [7, 11) is 1.59. The molecule has 0 aromatic heterocycles. The van der Waals surface area contributed by atoms with Crippen LogP contribution >= 0.6 is 0 Å². The van der Waals surface area contributed by atoms with Crippen LogP contribution in [0.2, 0.25) is 0 Å². The van der Waals surface area contributed by atoms with Gasteiger partial charge in [0.1, 0.15) is 11.5 Å². The second-order valence-electron chi connectivity index (χ2n) is 8.97. The van der Waals surface area contributed by atoms with Crippen LogP contribution in [0.4, 0.5) is 0 Å². The van der Waals surface area contributed by atoms with Crippen molar-refractivity contribution >= 4 is 11.8 Å². The van der Waals surface area contributed by atoms with Gasteiger partial charge in [0.15, 0.2) is 5.72 Å². The Morgan fingerprint density at radius 2 is 2.21 bits per heavy atom. The van der Waals surface area contributed by atoms with Gasteiger partial charge < -0.3 is 24.8 Å². The van der Waals surface area contributed by atoms with Crippen LogP contribution in [-0.4, -0.2) is 53.8 Å². The first kappa shape index (κ1) is 18.7. The Hall–Kier alpha value is -2.28. The van der Waals surface area contributed by atoms with E-state index < -0.39 is 11.8 Å². The smallest absolute Gasteiger partial charge is 0.258 e. The number of β-amino-alcohol motifs (C(OH)–C–C–N with tert-alkyl or cyclic N) is 1. The van der Waals surface area contributed by atoms with E-state index in [1.807, 2.05) is 4.90 Å². The maximum Gasteiger partial charge on any atom is 0.258 e. The molecule has 0 unspecified atom stereocenters. The molecule has 1 aromatic carbocycles. The lowest BCUT2D eigenvalue weighted by molar-refractivity contribution is -0.157. The number of likely N-dealkylation sites (tertiary alicyclic amines) is 1. The van der Waals surface area contributed by atoms with Crippen LogP contribution in [0.25, 0.3) is 0 Å². The number of ether oxygens (including phenoxy) is 2. The number of methoxy groups -OCH3 is 1. The largest absolute Gasteiger partial charge is 0.497 e. The molecular formula is C22H28N2O5. The minimum absolute atomic E-state index is 0.0446. The van der Waals surface area contributed by atoms with E-state index in [2.05, 4.69) is 5.32 Å². The van der Waals surface area contributed by atoms with E-state index in [-0.39, 0.29) is 29.6 Å². The molecule has 29 heavy (non-hydrogen) atoms. The number of rotatable bonds is 2. The summed E-state index contributed by atoms with van der Waals surface area (Å²) >= 11 is 0. The summed E-state index contributed by atoms with van der Waals surface area (Å²) in [6.07, 6.45) is 4.50. The summed E-state index contributed by atoms with van der Waals surface area (Å²) in [5.41, 5.74) is -0.217. The molecule has 2 bridgehead atoms. The highest BCUT2D eigenvalue weighted by Gasteiger charge is 2.57. The highest BCUT2D eigenvalue weighted by molar-refractivity contribution is 5.98. The van der Waals surface area contributed by atoms with Crippen LogP contribution in [0, 0.1) is 17.8 Å². The Balaban J connectivity index is 1.37. The average molecular weight is 400 g/mol. The summed E-state index contributed by atoms with van der Waals surface area (Å²) in [4.78, 5) is 27.8. The zero-order valence-electron chi connectivity index (χ0n) is 16.7. The maximum atomic E-state index is 13.2. The third-order valence-electron chi connectivity index (χ3n) is 7.29. The Labute approximate surface area is 170 Å². The van der Waals surface area contributed by atoms with E-state index in [0.29, 0.717) is 30.0 Å². The first-order chi connectivity index (χ1) is 14.0. The molecule has 2 amide bonds. The topological polar surface area (TPSA) is 88.1 Å². The number of hydrogen-bond acceptors (Lipinski definition) is 5. The van der Waals surface area contributed by atoms with Gasteiger partial charge in [0.2, 0.25) is 5.91 Å². The van der Waals surface area contributed by atoms with E-state index in [9.17, 15) is 14.7 Å². The van der Waals surface area contributed by atoms with Crippen molar-refractivity contribution < 1.29 is 24.2 Å². The Morgan fingerprint density at radius 1 is 1.34 bits per heavy atom. The number of carbonyl (C=O) groups excluding carboxylic acids is 2. The van der Waals surface area contributed by atoms with E-state index in [1.165, 1.54) is 0 Å². The summed E-state index contributed by atoms with van der Waals surface area (Å²) < 4.78 is 11.7. The summed E-state index contributed by atoms with van der Waals surface area (Å²) in [5.74, 6) is 1.49. The predicted molar refractivity (Wildman–Crippen MR) is 105 cm³/mol. The molecular weight excluding hydrogens is 372 g/mol. The van der Waals surface area contributed by atoms with Crippen LogP contribution in [0.1, 0.15) is 48.9 Å². The molecule has 2 N–H and O–H groups in total. The molecule has 2 heterocycles. The van der Waals surface area contributed by atoms with Crippen LogP contribution < -0.4 is 14.8 Å². The number of amides is 2. The highest BCUT2D eigenvalue weighted by atomic mass is 16.5. The standard InChI is InChI=1S/C22H28N2O5/c1-28-16-6-7-17-19(10-16)29-22(23-20(17)26)11-13-4-5-14(22)9-18(13)21(27)24-8-2-3-15(25)12-24/h6-7,10,13-15,18,25H,2-5,8-9,11-12H2,1H3,(H,23,26)/t13-,14+,15+,18+,22+/m1/s1. The van der Waals surface area contributed by atoms with Gasteiger partial charge in [-0.2, -0.15) is 0 Å². The van der Waals surface area contributed by atoms with E-state index in [4.69, 9.17) is 9.47 Å². The number of aliphatic hydroxyl groups excluding tert-OH is 1. The van der Waals surface area contributed by atoms with Gasteiger partial charge >= 0.3 is 0 Å². The zero-order valence-corrected chi connectivity index (χ0v) is 16.7. The first-order valence-corrected chi connectivity index (χ1v) is 10.7. The molecule has 1 aromatic rings. The molecule has 3 aliphatic carbocycles. The zero-order chi connectivity index (χ0) is 20.2. The van der Waals surface area contributed by atoms with Gasteiger partial charge in [-0.25, -0.2) is 0 Å². The minimum atomic E-state index is -0.739. The van der Waals surface area contributed by atoms with Gasteiger partial charge in [-0.1, -0.05) is 0 Å². The number of carbonyl (C=O) groups is 2. The lowest BCUT2D eigenvalue weighted by Crippen LogP contribution is -2.67. The lowest BCUT2D eigenvalue weighted by atomic mass is 9.59. The number of aliphatic hydroxyl groups is 1. The molecule has 156 valence electrons. The van der Waals surface area contributed by atoms with Crippen molar-refractivity contribution in [1.82, 2.24) is 10.2 Å². The predicted octanol–water partition coefficient (Wildman–Crippen LogP) is 1.93. The van der Waals surface area contributed by atoms with Crippen molar-refractivity contribution in [3.63, 3.8) is 0 Å². The third kappa shape index (κ3) is 3.06. The van der Waals surface area contributed by atoms with Crippen molar-refractivity contribution in [3.8, 4) is 11.5 Å². The summed E-state index contributed by atoms with van der Waals surface area (Å²) in [6, 6.07) is 5.26. The Bertz CT molecular complexity index is 842. The molecule has 4 fully saturated rings. The molecule has 5 atom stereocenters. The fourth-order valence-corrected chi connectivity index (χ4v) is 5.81. The molecule has 2 aliphatic heterocycles. The second kappa shape index (κ2) is 6.90. The average Bonchev–Trinajstić information content (AvgIpc) is 2.73. The monoisotopic (exact) mass is 400 g/mol. The maximum absolute atomic E-state index is 13.2. The summed E-state index contributed by atoms with van der Waals surface area (Å²) in [5, 5.41) is 13.1. The van der Waals surface area contributed by atoms with Crippen LogP contribution in [0.15, 0.2) is 18.2 Å². The molecule has 5 aliphatic rings. The number of piperidine rings is 1. The minimum Gasteiger partial charge on any atom is -0.497 e. The molecule has 3 saturated carbocycles. The Morgan fingerprint density at radius 3 is 2.93 bits per heavy atom. The van der Waals surface area contributed by atoms with Crippen molar-refractivity contribution in [3.05, 3.63) is 23.8 Å². The molecule has 6 rings (SSSR count).